The van der Waals surface area contributed by atoms with Crippen molar-refractivity contribution in [1.29, 1.82) is 0 Å². The smallest absolute Gasteiger partial charge is 0.205 e. The molecule has 0 N–H and O–H groups in total. The summed E-state index contributed by atoms with van der Waals surface area (Å²) in [5.74, 6) is 0.809. The molecule has 16 heavy (non-hydrogen) atoms. The lowest BCUT2D eigenvalue weighted by molar-refractivity contribution is 0.281. The van der Waals surface area contributed by atoms with Gasteiger partial charge in [0.2, 0.25) is 5.90 Å². The Balaban J connectivity index is 2.38. The molecule has 2 rings (SSSR count). The molecule has 0 fully saturated rings. The van der Waals surface area contributed by atoms with E-state index in [-0.39, 0.29) is 5.92 Å². The van der Waals surface area contributed by atoms with Crippen LogP contribution in [0.5, 0.6) is 0 Å². The van der Waals surface area contributed by atoms with Crippen molar-refractivity contribution >= 4 is 23.2 Å². The van der Waals surface area contributed by atoms with Crippen LogP contribution in [0.1, 0.15) is 19.4 Å². The molecule has 1 aromatic rings. The predicted octanol–water partition coefficient (Wildman–Crippen LogP) is 3.13. The fourth-order valence-electron chi connectivity index (χ4n) is 1.57. The highest BCUT2D eigenvalue weighted by molar-refractivity contribution is 6.31. The number of halogens is 1. The van der Waals surface area contributed by atoms with Crippen LogP contribution >= 0.6 is 11.6 Å². The molecular weight excluding hydrogens is 224 g/mol. The topological polar surface area (TPSA) is 34.0 Å². The van der Waals surface area contributed by atoms with Crippen molar-refractivity contribution in [3.8, 4) is 0 Å². The summed E-state index contributed by atoms with van der Waals surface area (Å²) < 4.78 is 5.40. The highest BCUT2D eigenvalue weighted by Gasteiger charge is 2.17. The SMILES string of the molecule is CC1=NN=C(c2cccc(Cl)c2)C(C)CO1. The summed E-state index contributed by atoms with van der Waals surface area (Å²) in [6.07, 6.45) is 0. The van der Waals surface area contributed by atoms with Crippen molar-refractivity contribution in [3.05, 3.63) is 34.9 Å². The van der Waals surface area contributed by atoms with E-state index in [0.717, 1.165) is 11.3 Å². The lowest BCUT2D eigenvalue weighted by Crippen LogP contribution is -2.17. The Morgan fingerprint density at radius 2 is 2.19 bits per heavy atom. The van der Waals surface area contributed by atoms with Crippen LogP contribution in [0.4, 0.5) is 0 Å². The Morgan fingerprint density at radius 1 is 1.38 bits per heavy atom. The maximum absolute atomic E-state index is 5.96. The summed E-state index contributed by atoms with van der Waals surface area (Å²) in [6, 6.07) is 7.64. The van der Waals surface area contributed by atoms with Crippen molar-refractivity contribution < 1.29 is 4.74 Å². The molecule has 4 heteroatoms. The van der Waals surface area contributed by atoms with Crippen molar-refractivity contribution in [3.63, 3.8) is 0 Å². The summed E-state index contributed by atoms with van der Waals surface area (Å²) in [5, 5.41) is 8.93. The van der Waals surface area contributed by atoms with Crippen LogP contribution in [0.25, 0.3) is 0 Å². The summed E-state index contributed by atoms with van der Waals surface area (Å²) in [5.41, 5.74) is 1.92. The fraction of sp³-hybridized carbons (Fsp3) is 0.333. The van der Waals surface area contributed by atoms with Gasteiger partial charge in [-0.2, -0.15) is 5.10 Å². The van der Waals surface area contributed by atoms with Gasteiger partial charge in [0, 0.05) is 17.9 Å². The van der Waals surface area contributed by atoms with Crippen LogP contribution in [-0.2, 0) is 4.74 Å². The van der Waals surface area contributed by atoms with Crippen LogP contribution < -0.4 is 0 Å². The Labute approximate surface area is 99.8 Å². The van der Waals surface area contributed by atoms with E-state index in [2.05, 4.69) is 17.1 Å². The Hall–Kier alpha value is -1.35. The standard InChI is InChI=1S/C12H13ClN2O/c1-8-7-16-9(2)14-15-12(8)10-4-3-5-11(13)6-10/h3-6,8H,7H2,1-2H3. The van der Waals surface area contributed by atoms with E-state index in [4.69, 9.17) is 16.3 Å². The van der Waals surface area contributed by atoms with E-state index in [1.165, 1.54) is 0 Å². The van der Waals surface area contributed by atoms with Gasteiger partial charge in [0.1, 0.15) is 0 Å². The van der Waals surface area contributed by atoms with Crippen molar-refractivity contribution in [2.24, 2.45) is 16.1 Å². The summed E-state index contributed by atoms with van der Waals surface area (Å²) >= 11 is 5.96. The van der Waals surface area contributed by atoms with Gasteiger partial charge in [-0.15, -0.1) is 5.10 Å². The van der Waals surface area contributed by atoms with Crippen LogP contribution in [0.3, 0.4) is 0 Å². The molecule has 0 aromatic heterocycles. The lowest BCUT2D eigenvalue weighted by atomic mass is 9.99. The van der Waals surface area contributed by atoms with Gasteiger partial charge >= 0.3 is 0 Å². The van der Waals surface area contributed by atoms with Gasteiger partial charge in [0.05, 0.1) is 12.3 Å². The number of nitrogens with zero attached hydrogens (tertiary/aromatic N) is 2. The first-order valence-corrected chi connectivity index (χ1v) is 5.55. The lowest BCUT2D eigenvalue weighted by Gasteiger charge is -2.11. The molecule has 0 amide bonds. The van der Waals surface area contributed by atoms with Gasteiger partial charge in [-0.1, -0.05) is 30.7 Å². The fourth-order valence-corrected chi connectivity index (χ4v) is 1.76. The largest absolute Gasteiger partial charge is 0.479 e. The van der Waals surface area contributed by atoms with E-state index in [1.54, 1.807) is 6.92 Å². The quantitative estimate of drug-likeness (QED) is 0.738. The van der Waals surface area contributed by atoms with Crippen molar-refractivity contribution in [2.45, 2.75) is 13.8 Å². The molecule has 1 unspecified atom stereocenters. The zero-order valence-electron chi connectivity index (χ0n) is 9.27. The second-order valence-corrected chi connectivity index (χ2v) is 4.26. The highest BCUT2D eigenvalue weighted by Crippen LogP contribution is 2.17. The summed E-state index contributed by atoms with van der Waals surface area (Å²) in [6.45, 7) is 4.46. The number of ether oxygens (including phenoxy) is 1. The molecule has 1 aromatic carbocycles. The maximum atomic E-state index is 5.96. The average molecular weight is 237 g/mol. The van der Waals surface area contributed by atoms with Gasteiger partial charge in [0.15, 0.2) is 0 Å². The number of benzene rings is 1. The van der Waals surface area contributed by atoms with E-state index >= 15 is 0 Å². The third-order valence-electron chi connectivity index (χ3n) is 2.43. The zero-order valence-corrected chi connectivity index (χ0v) is 10.0. The molecular formula is C12H13ClN2O. The third kappa shape index (κ3) is 2.42. The third-order valence-corrected chi connectivity index (χ3v) is 2.66. The first-order valence-electron chi connectivity index (χ1n) is 5.17. The molecule has 0 spiro atoms. The normalized spacial score (nSPS) is 20.6. The molecule has 1 heterocycles. The second-order valence-electron chi connectivity index (χ2n) is 3.83. The summed E-state index contributed by atoms with van der Waals surface area (Å²) in [7, 11) is 0. The first-order chi connectivity index (χ1) is 7.66. The second kappa shape index (κ2) is 4.66. The van der Waals surface area contributed by atoms with Crippen LogP contribution in [0, 0.1) is 5.92 Å². The monoisotopic (exact) mass is 236 g/mol. The molecule has 1 aliphatic heterocycles. The van der Waals surface area contributed by atoms with E-state index in [1.807, 2.05) is 24.3 Å². The van der Waals surface area contributed by atoms with Gasteiger partial charge in [0.25, 0.3) is 0 Å². The van der Waals surface area contributed by atoms with Gasteiger partial charge < -0.3 is 4.74 Å². The number of hydrogen-bond acceptors (Lipinski definition) is 3. The Kier molecular flexibility index (Phi) is 3.25. The van der Waals surface area contributed by atoms with Crippen LogP contribution in [0.15, 0.2) is 34.5 Å². The Bertz CT molecular complexity index is 454. The highest BCUT2D eigenvalue weighted by atomic mass is 35.5. The van der Waals surface area contributed by atoms with Crippen LogP contribution in [0.2, 0.25) is 5.02 Å². The molecule has 3 nitrogen and oxygen atoms in total. The molecule has 0 aliphatic carbocycles. The van der Waals surface area contributed by atoms with Gasteiger partial charge in [-0.25, -0.2) is 0 Å². The van der Waals surface area contributed by atoms with Crippen molar-refractivity contribution in [2.75, 3.05) is 6.61 Å². The molecule has 1 atom stereocenters. The van der Waals surface area contributed by atoms with E-state index < -0.39 is 0 Å². The summed E-state index contributed by atoms with van der Waals surface area (Å²) in [4.78, 5) is 0. The van der Waals surface area contributed by atoms with E-state index in [0.29, 0.717) is 17.5 Å². The first kappa shape index (κ1) is 11.1. The van der Waals surface area contributed by atoms with Crippen molar-refractivity contribution in [1.82, 2.24) is 0 Å². The minimum Gasteiger partial charge on any atom is -0.479 e. The predicted molar refractivity (Wildman–Crippen MR) is 66.2 cm³/mol. The minimum atomic E-state index is 0.208. The molecule has 84 valence electrons. The Morgan fingerprint density at radius 3 is 2.94 bits per heavy atom. The molecule has 1 aliphatic rings. The van der Waals surface area contributed by atoms with E-state index in [9.17, 15) is 0 Å². The molecule has 0 saturated carbocycles. The van der Waals surface area contributed by atoms with Gasteiger partial charge in [-0.3, -0.25) is 0 Å². The van der Waals surface area contributed by atoms with Gasteiger partial charge in [-0.05, 0) is 17.7 Å². The molecule has 0 saturated heterocycles. The number of rotatable bonds is 1. The number of hydrogen-bond donors (Lipinski definition) is 0. The van der Waals surface area contributed by atoms with Crippen LogP contribution in [-0.4, -0.2) is 18.2 Å². The molecule has 0 radical (unpaired) electrons. The average Bonchev–Trinajstić information content (AvgIpc) is 2.42. The maximum Gasteiger partial charge on any atom is 0.205 e. The zero-order chi connectivity index (χ0) is 11.5. The minimum absolute atomic E-state index is 0.208. The molecule has 0 bridgehead atoms.